The molecule has 0 spiro atoms. The topological polar surface area (TPSA) is 54.4 Å². The zero-order valence-electron chi connectivity index (χ0n) is 8.79. The molecule has 0 saturated heterocycles. The van der Waals surface area contributed by atoms with Crippen molar-refractivity contribution in [3.05, 3.63) is 35.1 Å². The summed E-state index contributed by atoms with van der Waals surface area (Å²) in [4.78, 5) is 22.4. The zero-order chi connectivity index (χ0) is 11.9. The quantitative estimate of drug-likeness (QED) is 0.834. The van der Waals surface area contributed by atoms with E-state index in [0.717, 1.165) is 0 Å². The summed E-state index contributed by atoms with van der Waals surface area (Å²) in [5.41, 5.74) is 0.261. The maximum absolute atomic E-state index is 13.0. The van der Waals surface area contributed by atoms with E-state index in [-0.39, 0.29) is 18.6 Å². The second-order valence-electron chi connectivity index (χ2n) is 4.42. The highest BCUT2D eigenvalue weighted by molar-refractivity contribution is 6.02. The van der Waals surface area contributed by atoms with E-state index in [4.69, 9.17) is 5.11 Å². The third-order valence-electron chi connectivity index (χ3n) is 3.02. The van der Waals surface area contributed by atoms with Gasteiger partial charge in [0.2, 0.25) is 0 Å². The average Bonchev–Trinajstić information content (AvgIpc) is 2.37. The van der Waals surface area contributed by atoms with Gasteiger partial charge in [0, 0.05) is 17.4 Å². The standard InChI is InChI=1S/C12H11FO3/c1-12(6-11(15)16)5-10(14)8-4-7(13)2-3-9(8)12/h2-4H,5-6H2,1H3,(H,15,16). The van der Waals surface area contributed by atoms with Crippen molar-refractivity contribution in [2.24, 2.45) is 0 Å². The first kappa shape index (κ1) is 10.8. The molecule has 0 aromatic heterocycles. The minimum absolute atomic E-state index is 0.114. The van der Waals surface area contributed by atoms with E-state index in [1.165, 1.54) is 18.2 Å². The number of carbonyl (C=O) groups is 2. The van der Waals surface area contributed by atoms with Crippen molar-refractivity contribution in [2.45, 2.75) is 25.2 Å². The Morgan fingerprint density at radius 2 is 2.25 bits per heavy atom. The minimum Gasteiger partial charge on any atom is -0.481 e. The van der Waals surface area contributed by atoms with Gasteiger partial charge < -0.3 is 5.11 Å². The molecule has 0 fully saturated rings. The molecule has 1 N–H and O–H groups in total. The van der Waals surface area contributed by atoms with Crippen molar-refractivity contribution in [1.82, 2.24) is 0 Å². The monoisotopic (exact) mass is 222 g/mol. The van der Waals surface area contributed by atoms with Gasteiger partial charge >= 0.3 is 5.97 Å². The second kappa shape index (κ2) is 3.40. The van der Waals surface area contributed by atoms with Gasteiger partial charge in [0.1, 0.15) is 5.82 Å². The van der Waals surface area contributed by atoms with E-state index in [1.54, 1.807) is 6.92 Å². The van der Waals surface area contributed by atoms with Gasteiger partial charge in [-0.15, -0.1) is 0 Å². The Labute approximate surface area is 91.9 Å². The van der Waals surface area contributed by atoms with E-state index >= 15 is 0 Å². The summed E-state index contributed by atoms with van der Waals surface area (Å²) in [5.74, 6) is -1.60. The van der Waals surface area contributed by atoms with Gasteiger partial charge in [0.25, 0.3) is 0 Å². The molecule has 3 nitrogen and oxygen atoms in total. The van der Waals surface area contributed by atoms with Crippen LogP contribution in [0.5, 0.6) is 0 Å². The average molecular weight is 222 g/mol. The molecule has 1 unspecified atom stereocenters. The Balaban J connectivity index is 2.50. The minimum atomic E-state index is -0.951. The van der Waals surface area contributed by atoms with Gasteiger partial charge in [-0.25, -0.2) is 4.39 Å². The molecular formula is C12H11FO3. The largest absolute Gasteiger partial charge is 0.481 e. The first-order chi connectivity index (χ1) is 7.42. The highest BCUT2D eigenvalue weighted by Crippen LogP contribution is 2.41. The number of carboxylic acids is 1. The lowest BCUT2D eigenvalue weighted by Crippen LogP contribution is -2.23. The van der Waals surface area contributed by atoms with Crippen LogP contribution in [0, 0.1) is 5.82 Å². The van der Waals surface area contributed by atoms with Crippen LogP contribution in [0.1, 0.15) is 35.7 Å². The predicted octanol–water partition coefficient (Wildman–Crippen LogP) is 2.14. The number of hydrogen-bond acceptors (Lipinski definition) is 2. The van der Waals surface area contributed by atoms with Gasteiger partial charge in [-0.3, -0.25) is 9.59 Å². The number of ketones is 1. The zero-order valence-corrected chi connectivity index (χ0v) is 8.79. The first-order valence-electron chi connectivity index (χ1n) is 4.97. The predicted molar refractivity (Wildman–Crippen MR) is 55.0 cm³/mol. The van der Waals surface area contributed by atoms with Crippen LogP contribution >= 0.6 is 0 Å². The third kappa shape index (κ3) is 1.60. The Kier molecular flexibility index (Phi) is 2.30. The van der Waals surface area contributed by atoms with Crippen molar-refractivity contribution in [3.63, 3.8) is 0 Å². The van der Waals surface area contributed by atoms with Crippen LogP contribution in [0.2, 0.25) is 0 Å². The van der Waals surface area contributed by atoms with Gasteiger partial charge in [0.15, 0.2) is 5.78 Å². The molecule has 1 aromatic carbocycles. The number of halogens is 1. The van der Waals surface area contributed by atoms with Crippen molar-refractivity contribution < 1.29 is 19.1 Å². The van der Waals surface area contributed by atoms with E-state index in [9.17, 15) is 14.0 Å². The van der Waals surface area contributed by atoms with Crippen LogP contribution in [0.25, 0.3) is 0 Å². The van der Waals surface area contributed by atoms with E-state index < -0.39 is 17.2 Å². The number of Topliss-reactive ketones (excluding diaryl/α,β-unsaturated/α-hetero) is 1. The van der Waals surface area contributed by atoms with Crippen LogP contribution in [-0.2, 0) is 10.2 Å². The highest BCUT2D eigenvalue weighted by atomic mass is 19.1. The van der Waals surface area contributed by atoms with Crippen LogP contribution in [-0.4, -0.2) is 16.9 Å². The Morgan fingerprint density at radius 3 is 2.88 bits per heavy atom. The molecule has 84 valence electrons. The maximum atomic E-state index is 13.0. The summed E-state index contributed by atoms with van der Waals surface area (Å²) in [5, 5.41) is 8.82. The number of fused-ring (bicyclic) bond motifs is 1. The van der Waals surface area contributed by atoms with E-state index in [1.807, 2.05) is 0 Å². The third-order valence-corrected chi connectivity index (χ3v) is 3.02. The molecule has 1 aromatic rings. The SMILES string of the molecule is CC1(CC(=O)O)CC(=O)c2cc(F)ccc21. The van der Waals surface area contributed by atoms with E-state index in [0.29, 0.717) is 11.1 Å². The maximum Gasteiger partial charge on any atom is 0.304 e. The number of rotatable bonds is 2. The molecule has 0 bridgehead atoms. The van der Waals surface area contributed by atoms with Gasteiger partial charge in [-0.1, -0.05) is 13.0 Å². The van der Waals surface area contributed by atoms with Crippen LogP contribution in [0.4, 0.5) is 4.39 Å². The van der Waals surface area contributed by atoms with Crippen LogP contribution in [0.3, 0.4) is 0 Å². The summed E-state index contributed by atoms with van der Waals surface area (Å²) < 4.78 is 13.0. The van der Waals surface area contributed by atoms with Crippen molar-refractivity contribution in [3.8, 4) is 0 Å². The smallest absolute Gasteiger partial charge is 0.304 e. The number of carboxylic acid groups (broad SMARTS) is 1. The molecule has 4 heteroatoms. The highest BCUT2D eigenvalue weighted by Gasteiger charge is 2.41. The first-order valence-corrected chi connectivity index (χ1v) is 4.97. The van der Waals surface area contributed by atoms with E-state index in [2.05, 4.69) is 0 Å². The lowest BCUT2D eigenvalue weighted by molar-refractivity contribution is -0.138. The summed E-state index contributed by atoms with van der Waals surface area (Å²) >= 11 is 0. The lowest BCUT2D eigenvalue weighted by atomic mass is 9.81. The fraction of sp³-hybridized carbons (Fsp3) is 0.333. The summed E-state index contributed by atoms with van der Waals surface area (Å²) in [7, 11) is 0. The molecule has 0 saturated carbocycles. The summed E-state index contributed by atoms with van der Waals surface area (Å²) in [6, 6.07) is 3.96. The van der Waals surface area contributed by atoms with Crippen molar-refractivity contribution in [1.29, 1.82) is 0 Å². The van der Waals surface area contributed by atoms with Gasteiger partial charge in [-0.05, 0) is 17.7 Å². The molecule has 16 heavy (non-hydrogen) atoms. The summed E-state index contributed by atoms with van der Waals surface area (Å²) in [6.07, 6.45) is 0.0233. The van der Waals surface area contributed by atoms with Crippen molar-refractivity contribution >= 4 is 11.8 Å². The lowest BCUT2D eigenvalue weighted by Gasteiger charge is -2.21. The molecule has 0 radical (unpaired) electrons. The molecule has 0 heterocycles. The molecule has 2 rings (SSSR count). The van der Waals surface area contributed by atoms with Crippen LogP contribution in [0.15, 0.2) is 18.2 Å². The Morgan fingerprint density at radius 1 is 1.56 bits per heavy atom. The van der Waals surface area contributed by atoms with Crippen molar-refractivity contribution in [2.75, 3.05) is 0 Å². The Bertz CT molecular complexity index is 481. The summed E-state index contributed by atoms with van der Waals surface area (Å²) in [6.45, 7) is 1.72. The fourth-order valence-corrected chi connectivity index (χ4v) is 2.31. The molecule has 0 amide bonds. The molecule has 0 aliphatic heterocycles. The normalized spacial score (nSPS) is 23.2. The van der Waals surface area contributed by atoms with Gasteiger partial charge in [-0.2, -0.15) is 0 Å². The second-order valence-corrected chi connectivity index (χ2v) is 4.42. The fourth-order valence-electron chi connectivity index (χ4n) is 2.31. The number of aliphatic carboxylic acids is 1. The van der Waals surface area contributed by atoms with Crippen LogP contribution < -0.4 is 0 Å². The molecular weight excluding hydrogens is 211 g/mol. The molecule has 1 aliphatic rings. The number of carbonyl (C=O) groups excluding carboxylic acids is 1. The molecule has 1 aliphatic carbocycles. The van der Waals surface area contributed by atoms with Gasteiger partial charge in [0.05, 0.1) is 6.42 Å². The number of hydrogen-bond donors (Lipinski definition) is 1. The molecule has 1 atom stereocenters. The number of benzene rings is 1. The Hall–Kier alpha value is -1.71.